The van der Waals surface area contributed by atoms with E-state index in [1.54, 1.807) is 50.0 Å². The molecule has 0 atom stereocenters. The number of pyridine rings is 1. The lowest BCUT2D eigenvalue weighted by Gasteiger charge is -2.30. The van der Waals surface area contributed by atoms with Crippen molar-refractivity contribution in [2.45, 2.75) is 45.6 Å². The lowest BCUT2D eigenvalue weighted by Crippen LogP contribution is -2.41. The number of amides is 1. The first-order valence-electron chi connectivity index (χ1n) is 10.3. The Bertz CT molecular complexity index is 1180. The molecule has 1 aromatic carbocycles. The van der Waals surface area contributed by atoms with Crippen molar-refractivity contribution in [1.82, 2.24) is 19.7 Å². The molecule has 0 saturated heterocycles. The molecule has 0 N–H and O–H groups in total. The summed E-state index contributed by atoms with van der Waals surface area (Å²) >= 11 is 0. The average molecular weight is 462 g/mol. The average Bonchev–Trinajstić information content (AvgIpc) is 3.10. The molecule has 1 amide bonds. The van der Waals surface area contributed by atoms with E-state index in [9.17, 15) is 22.4 Å². The number of benzene rings is 1. The van der Waals surface area contributed by atoms with Gasteiger partial charge in [-0.25, -0.2) is 9.18 Å². The fourth-order valence-corrected chi connectivity index (χ4v) is 3.69. The summed E-state index contributed by atoms with van der Waals surface area (Å²) in [6, 6.07) is 5.80. The van der Waals surface area contributed by atoms with Gasteiger partial charge in [-0.1, -0.05) is 0 Å². The molecule has 0 aliphatic carbocycles. The molecular weight excluding hydrogens is 440 g/mol. The van der Waals surface area contributed by atoms with E-state index in [2.05, 4.69) is 10.1 Å². The summed E-state index contributed by atoms with van der Waals surface area (Å²) in [7, 11) is 0. The van der Waals surface area contributed by atoms with Crippen LogP contribution in [0.2, 0.25) is 0 Å². The number of alkyl halides is 3. The van der Waals surface area contributed by atoms with Crippen LogP contribution in [0, 0.1) is 5.82 Å². The van der Waals surface area contributed by atoms with Crippen molar-refractivity contribution >= 4 is 6.09 Å². The molecule has 33 heavy (non-hydrogen) atoms. The van der Waals surface area contributed by atoms with Crippen molar-refractivity contribution in [3.8, 4) is 22.4 Å². The van der Waals surface area contributed by atoms with Crippen LogP contribution in [0.5, 0.6) is 0 Å². The van der Waals surface area contributed by atoms with Crippen molar-refractivity contribution in [2.24, 2.45) is 0 Å². The number of hydrogen-bond acceptors (Lipinski definition) is 4. The van der Waals surface area contributed by atoms with Gasteiger partial charge in [0.25, 0.3) is 0 Å². The van der Waals surface area contributed by atoms with Gasteiger partial charge in [0.2, 0.25) is 0 Å². The Kier molecular flexibility index (Phi) is 5.63. The van der Waals surface area contributed by atoms with Gasteiger partial charge in [-0.05, 0) is 56.7 Å². The summed E-state index contributed by atoms with van der Waals surface area (Å²) in [5.41, 5.74) is 0.226. The van der Waals surface area contributed by atoms with E-state index < -0.39 is 29.3 Å². The lowest BCUT2D eigenvalue weighted by atomic mass is 9.98. The van der Waals surface area contributed by atoms with Gasteiger partial charge in [-0.15, -0.1) is 0 Å². The summed E-state index contributed by atoms with van der Waals surface area (Å²) in [5, 5.41) is 4.51. The zero-order valence-corrected chi connectivity index (χ0v) is 18.3. The number of carbonyl (C=O) groups excluding carboxylic acids is 1. The molecule has 174 valence electrons. The summed E-state index contributed by atoms with van der Waals surface area (Å²) in [4.78, 5) is 18.2. The van der Waals surface area contributed by atoms with Crippen molar-refractivity contribution in [3.05, 3.63) is 59.8 Å². The second-order valence-corrected chi connectivity index (χ2v) is 8.72. The summed E-state index contributed by atoms with van der Waals surface area (Å²) in [6.07, 6.45) is -2.03. The van der Waals surface area contributed by atoms with Gasteiger partial charge in [0.1, 0.15) is 17.1 Å². The van der Waals surface area contributed by atoms with E-state index in [1.165, 1.54) is 4.90 Å². The van der Waals surface area contributed by atoms with Crippen LogP contribution >= 0.6 is 0 Å². The fourth-order valence-electron chi connectivity index (χ4n) is 3.69. The Labute approximate surface area is 187 Å². The molecule has 10 heteroatoms. The molecule has 0 saturated carbocycles. The largest absolute Gasteiger partial charge is 0.444 e. The van der Waals surface area contributed by atoms with Crippen molar-refractivity contribution in [3.63, 3.8) is 0 Å². The minimum atomic E-state index is -4.66. The maximum atomic E-state index is 14.9. The third-order valence-corrected chi connectivity index (χ3v) is 5.15. The summed E-state index contributed by atoms with van der Waals surface area (Å²) in [6.45, 7) is 6.12. The maximum Gasteiger partial charge on any atom is 0.416 e. The minimum Gasteiger partial charge on any atom is -0.444 e. The number of hydrogen-bond donors (Lipinski definition) is 0. The minimum absolute atomic E-state index is 0.0551. The van der Waals surface area contributed by atoms with Crippen LogP contribution in [-0.4, -0.2) is 37.9 Å². The molecule has 3 aromatic rings. The van der Waals surface area contributed by atoms with E-state index in [-0.39, 0.29) is 17.8 Å². The highest BCUT2D eigenvalue weighted by molar-refractivity contribution is 5.83. The molecule has 4 rings (SSSR count). The summed E-state index contributed by atoms with van der Waals surface area (Å²) in [5.74, 6) is -1.03. The van der Waals surface area contributed by atoms with Crippen molar-refractivity contribution in [1.29, 1.82) is 0 Å². The van der Waals surface area contributed by atoms with Crippen molar-refractivity contribution < 1.29 is 27.1 Å². The summed E-state index contributed by atoms with van der Waals surface area (Å²) < 4.78 is 61.1. The highest BCUT2D eigenvalue weighted by Crippen LogP contribution is 2.39. The number of halogens is 4. The molecule has 0 bridgehead atoms. The third-order valence-electron chi connectivity index (χ3n) is 5.15. The van der Waals surface area contributed by atoms with E-state index in [4.69, 9.17) is 4.74 Å². The van der Waals surface area contributed by atoms with Gasteiger partial charge >= 0.3 is 12.3 Å². The molecule has 2 aromatic heterocycles. The second kappa shape index (κ2) is 8.17. The van der Waals surface area contributed by atoms with E-state index >= 15 is 0 Å². The zero-order valence-electron chi connectivity index (χ0n) is 18.3. The van der Waals surface area contributed by atoms with Crippen LogP contribution in [0.25, 0.3) is 22.4 Å². The molecular formula is C23H22F4N4O2. The number of ether oxygens (including phenoxy) is 1. The zero-order chi connectivity index (χ0) is 24.0. The normalized spacial score (nSPS) is 14.2. The molecule has 6 nitrogen and oxygen atoms in total. The van der Waals surface area contributed by atoms with Crippen LogP contribution in [0.3, 0.4) is 0 Å². The third kappa shape index (κ3) is 4.69. The van der Waals surface area contributed by atoms with Crippen LogP contribution in [0.15, 0.2) is 42.7 Å². The topological polar surface area (TPSA) is 60.2 Å². The lowest BCUT2D eigenvalue weighted by molar-refractivity contribution is -0.137. The number of fused-ring (bicyclic) bond motifs is 1. The fraction of sp³-hybridized carbons (Fsp3) is 0.348. The second-order valence-electron chi connectivity index (χ2n) is 8.72. The molecule has 0 unspecified atom stereocenters. The number of rotatable bonds is 2. The Morgan fingerprint density at radius 2 is 1.76 bits per heavy atom. The van der Waals surface area contributed by atoms with Gasteiger partial charge < -0.3 is 9.64 Å². The highest BCUT2D eigenvalue weighted by atomic mass is 19.4. The van der Waals surface area contributed by atoms with Gasteiger partial charge in [-0.2, -0.15) is 18.3 Å². The van der Waals surface area contributed by atoms with Crippen LogP contribution in [0.1, 0.15) is 32.0 Å². The standard InChI is InChI=1S/C23H22F4N4O2/c1-22(2,3)33-21(32)30-10-11-31-18(13-30)19(14-6-8-28-9-7-14)20(29-31)16-5-4-15(12-17(16)24)23(25,26)27/h4-9,12H,10-11,13H2,1-3H3. The Morgan fingerprint density at radius 3 is 2.36 bits per heavy atom. The van der Waals surface area contributed by atoms with E-state index in [1.807, 2.05) is 0 Å². The quantitative estimate of drug-likeness (QED) is 0.471. The van der Waals surface area contributed by atoms with Crippen molar-refractivity contribution in [2.75, 3.05) is 6.54 Å². The molecule has 0 fully saturated rings. The molecule has 1 aliphatic rings. The molecule has 1 aliphatic heterocycles. The SMILES string of the molecule is CC(C)(C)OC(=O)N1CCn2nc(-c3ccc(C(F)(F)F)cc3F)c(-c3ccncc3)c2C1. The van der Waals surface area contributed by atoms with E-state index in [0.717, 1.165) is 12.1 Å². The maximum absolute atomic E-state index is 14.9. The Morgan fingerprint density at radius 1 is 1.06 bits per heavy atom. The van der Waals surface area contributed by atoms with Crippen LogP contribution < -0.4 is 0 Å². The van der Waals surface area contributed by atoms with Crippen LogP contribution in [0.4, 0.5) is 22.4 Å². The number of carbonyl (C=O) groups is 1. The molecule has 3 heterocycles. The van der Waals surface area contributed by atoms with Gasteiger partial charge in [0.15, 0.2) is 0 Å². The first-order chi connectivity index (χ1) is 15.4. The number of aromatic nitrogens is 3. The van der Waals surface area contributed by atoms with Crippen LogP contribution in [-0.2, 0) is 24.0 Å². The molecule has 0 spiro atoms. The first-order valence-corrected chi connectivity index (χ1v) is 10.3. The Balaban J connectivity index is 1.81. The number of nitrogens with zero attached hydrogens (tertiary/aromatic N) is 4. The van der Waals surface area contributed by atoms with Gasteiger partial charge in [0.05, 0.1) is 24.3 Å². The first kappa shape index (κ1) is 22.8. The van der Waals surface area contributed by atoms with Gasteiger partial charge in [0, 0.05) is 30.1 Å². The molecule has 0 radical (unpaired) electrons. The highest BCUT2D eigenvalue weighted by Gasteiger charge is 2.33. The monoisotopic (exact) mass is 462 g/mol. The van der Waals surface area contributed by atoms with E-state index in [0.29, 0.717) is 36.0 Å². The Hall–Kier alpha value is -3.43. The predicted octanol–water partition coefficient (Wildman–Crippen LogP) is 5.52. The predicted molar refractivity (Wildman–Crippen MR) is 112 cm³/mol. The van der Waals surface area contributed by atoms with Gasteiger partial charge in [-0.3, -0.25) is 9.67 Å². The smallest absolute Gasteiger partial charge is 0.416 e.